The number of aromatic amines is 1. The minimum atomic E-state index is -4.40. The van der Waals surface area contributed by atoms with Gasteiger partial charge >= 0.3 is 12.1 Å². The summed E-state index contributed by atoms with van der Waals surface area (Å²) in [7, 11) is 1.26. The van der Waals surface area contributed by atoms with Crippen LogP contribution in [-0.4, -0.2) is 23.3 Å². The summed E-state index contributed by atoms with van der Waals surface area (Å²) in [5.74, 6) is -0.548. The van der Waals surface area contributed by atoms with Crippen LogP contribution in [0.3, 0.4) is 0 Å². The lowest BCUT2D eigenvalue weighted by atomic mass is 10.00. The van der Waals surface area contributed by atoms with E-state index in [0.717, 1.165) is 12.1 Å². The molecule has 0 fully saturated rings. The number of carbonyl (C=O) groups excluding carboxylic acids is 1. The van der Waals surface area contributed by atoms with Crippen LogP contribution in [-0.2, 0) is 10.9 Å². The van der Waals surface area contributed by atoms with Gasteiger partial charge in [-0.3, -0.25) is 5.10 Å². The van der Waals surface area contributed by atoms with Crippen molar-refractivity contribution in [1.29, 1.82) is 0 Å². The van der Waals surface area contributed by atoms with Gasteiger partial charge in [-0.05, 0) is 35.4 Å². The Balaban J connectivity index is 1.97. The Bertz CT molecular complexity index is 916. The number of esters is 1. The topological polar surface area (TPSA) is 55.0 Å². The quantitative estimate of drug-likeness (QED) is 0.708. The van der Waals surface area contributed by atoms with Crippen molar-refractivity contribution in [2.45, 2.75) is 6.18 Å². The summed E-state index contributed by atoms with van der Waals surface area (Å²) >= 11 is 0. The van der Waals surface area contributed by atoms with Gasteiger partial charge in [0.05, 0.1) is 18.4 Å². The van der Waals surface area contributed by atoms with Gasteiger partial charge in [-0.15, -0.1) is 0 Å². The molecule has 0 atom stereocenters. The van der Waals surface area contributed by atoms with Crippen molar-refractivity contribution in [2.75, 3.05) is 7.11 Å². The first-order valence-electron chi connectivity index (χ1n) is 7.30. The lowest BCUT2D eigenvalue weighted by Gasteiger charge is -2.09. The van der Waals surface area contributed by atoms with E-state index in [4.69, 9.17) is 0 Å². The fourth-order valence-electron chi connectivity index (χ4n) is 2.42. The lowest BCUT2D eigenvalue weighted by molar-refractivity contribution is -0.137. The van der Waals surface area contributed by atoms with Crippen LogP contribution in [0.4, 0.5) is 13.2 Å². The van der Waals surface area contributed by atoms with Crippen molar-refractivity contribution in [3.63, 3.8) is 0 Å². The molecular formula is C18H13F3N2O2. The Morgan fingerprint density at radius 1 is 1.00 bits per heavy atom. The zero-order chi connectivity index (χ0) is 18.0. The first kappa shape index (κ1) is 16.8. The van der Waals surface area contributed by atoms with Crippen LogP contribution in [0.15, 0.2) is 54.6 Å². The molecule has 0 aliphatic carbocycles. The third kappa shape index (κ3) is 3.55. The summed E-state index contributed by atoms with van der Waals surface area (Å²) in [6.07, 6.45) is -4.40. The van der Waals surface area contributed by atoms with Crippen LogP contribution >= 0.6 is 0 Å². The molecule has 25 heavy (non-hydrogen) atoms. The second kappa shape index (κ2) is 6.43. The Kier molecular flexibility index (Phi) is 4.31. The number of aromatic nitrogens is 2. The molecule has 3 aromatic rings. The summed E-state index contributed by atoms with van der Waals surface area (Å²) in [5.41, 5.74) is 1.72. The Morgan fingerprint density at radius 2 is 1.64 bits per heavy atom. The number of halogens is 3. The lowest BCUT2D eigenvalue weighted by Crippen LogP contribution is -2.04. The predicted octanol–water partition coefficient (Wildman–Crippen LogP) is 4.55. The maximum atomic E-state index is 12.9. The molecule has 0 bridgehead atoms. The molecule has 4 nitrogen and oxygen atoms in total. The Labute approximate surface area is 141 Å². The van der Waals surface area contributed by atoms with Crippen molar-refractivity contribution in [3.05, 3.63) is 65.9 Å². The monoisotopic (exact) mass is 346 g/mol. The molecule has 0 radical (unpaired) electrons. The van der Waals surface area contributed by atoms with Gasteiger partial charge in [0.15, 0.2) is 0 Å². The smallest absolute Gasteiger partial charge is 0.416 e. The molecule has 2 aromatic carbocycles. The average molecular weight is 346 g/mol. The summed E-state index contributed by atoms with van der Waals surface area (Å²) < 4.78 is 43.3. The van der Waals surface area contributed by atoms with E-state index in [1.54, 1.807) is 30.3 Å². The number of rotatable bonds is 3. The fraction of sp³-hybridized carbons (Fsp3) is 0.111. The highest BCUT2D eigenvalue weighted by molar-refractivity contribution is 5.88. The minimum Gasteiger partial charge on any atom is -0.464 e. The van der Waals surface area contributed by atoms with Gasteiger partial charge in [0.25, 0.3) is 0 Å². The van der Waals surface area contributed by atoms with Crippen LogP contribution in [0.2, 0.25) is 0 Å². The zero-order valence-corrected chi connectivity index (χ0v) is 13.1. The molecule has 0 saturated carbocycles. The maximum Gasteiger partial charge on any atom is 0.416 e. The van der Waals surface area contributed by atoms with Gasteiger partial charge in [-0.25, -0.2) is 4.79 Å². The van der Waals surface area contributed by atoms with E-state index < -0.39 is 17.7 Å². The molecular weight excluding hydrogens is 333 g/mol. The summed E-state index contributed by atoms with van der Waals surface area (Å²) in [6, 6.07) is 13.5. The van der Waals surface area contributed by atoms with Gasteiger partial charge in [0.2, 0.25) is 0 Å². The second-order valence-corrected chi connectivity index (χ2v) is 5.32. The van der Waals surface area contributed by atoms with Gasteiger partial charge < -0.3 is 4.74 Å². The number of hydrogen-bond acceptors (Lipinski definition) is 3. The van der Waals surface area contributed by atoms with Crippen LogP contribution in [0, 0.1) is 0 Å². The van der Waals surface area contributed by atoms with E-state index in [1.165, 1.54) is 19.2 Å². The predicted molar refractivity (Wildman–Crippen MR) is 85.8 cm³/mol. The number of hydrogen-bond donors (Lipinski definition) is 1. The van der Waals surface area contributed by atoms with Gasteiger partial charge in [0.1, 0.15) is 5.69 Å². The number of ether oxygens (including phenoxy) is 1. The van der Waals surface area contributed by atoms with Gasteiger partial charge in [0, 0.05) is 5.56 Å². The van der Waals surface area contributed by atoms with E-state index in [1.807, 2.05) is 0 Å². The molecule has 0 unspecified atom stereocenters. The first-order valence-corrected chi connectivity index (χ1v) is 7.30. The molecule has 7 heteroatoms. The molecule has 0 amide bonds. The van der Waals surface area contributed by atoms with Crippen molar-refractivity contribution >= 4 is 5.97 Å². The number of benzene rings is 2. The highest BCUT2D eigenvalue weighted by Gasteiger charge is 2.30. The number of nitrogens with zero attached hydrogens (tertiary/aromatic N) is 1. The number of alkyl halides is 3. The van der Waals surface area contributed by atoms with E-state index in [-0.39, 0.29) is 5.69 Å². The number of H-pyrrole nitrogens is 1. The molecule has 1 N–H and O–H groups in total. The summed E-state index contributed by atoms with van der Waals surface area (Å²) in [6.45, 7) is 0. The van der Waals surface area contributed by atoms with Crippen molar-refractivity contribution in [2.24, 2.45) is 0 Å². The summed E-state index contributed by atoms with van der Waals surface area (Å²) in [5, 5.41) is 6.61. The Hall–Kier alpha value is -3.09. The highest BCUT2D eigenvalue weighted by atomic mass is 19.4. The van der Waals surface area contributed by atoms with Crippen LogP contribution in [0.25, 0.3) is 22.4 Å². The molecule has 0 aliphatic heterocycles. The van der Waals surface area contributed by atoms with E-state index in [0.29, 0.717) is 22.4 Å². The summed E-state index contributed by atoms with van der Waals surface area (Å²) in [4.78, 5) is 11.5. The SMILES string of the molecule is COC(=O)c1cc(-c2cccc(-c3cccc(C(F)(F)F)c3)c2)n[nH]1. The highest BCUT2D eigenvalue weighted by Crippen LogP contribution is 2.33. The van der Waals surface area contributed by atoms with E-state index >= 15 is 0 Å². The number of nitrogens with one attached hydrogen (secondary N) is 1. The maximum absolute atomic E-state index is 12.9. The first-order chi connectivity index (χ1) is 11.9. The molecule has 1 heterocycles. The van der Waals surface area contributed by atoms with Crippen LogP contribution in [0.5, 0.6) is 0 Å². The number of methoxy groups -OCH3 is 1. The molecule has 128 valence electrons. The van der Waals surface area contributed by atoms with Crippen molar-refractivity contribution in [3.8, 4) is 22.4 Å². The normalized spacial score (nSPS) is 11.4. The average Bonchev–Trinajstić information content (AvgIpc) is 3.11. The minimum absolute atomic E-state index is 0.196. The second-order valence-electron chi connectivity index (χ2n) is 5.32. The molecule has 0 aliphatic rings. The standard InChI is InChI=1S/C18H13F3N2O2/c1-25-17(24)16-10-15(22-23-16)13-6-2-4-11(8-13)12-5-3-7-14(9-12)18(19,20)21/h2-10H,1H3,(H,22,23). The van der Waals surface area contributed by atoms with Crippen LogP contribution < -0.4 is 0 Å². The zero-order valence-electron chi connectivity index (χ0n) is 13.1. The van der Waals surface area contributed by atoms with Crippen LogP contribution in [0.1, 0.15) is 16.1 Å². The Morgan fingerprint density at radius 3 is 2.32 bits per heavy atom. The third-order valence-corrected chi connectivity index (χ3v) is 3.66. The van der Waals surface area contributed by atoms with Crippen molar-refractivity contribution < 1.29 is 22.7 Å². The largest absolute Gasteiger partial charge is 0.464 e. The molecule has 0 saturated heterocycles. The fourth-order valence-corrected chi connectivity index (χ4v) is 2.42. The number of carbonyl (C=O) groups is 1. The molecule has 3 rings (SSSR count). The molecule has 0 spiro atoms. The van der Waals surface area contributed by atoms with Gasteiger partial charge in [-0.1, -0.05) is 30.3 Å². The van der Waals surface area contributed by atoms with E-state index in [9.17, 15) is 18.0 Å². The molecule has 1 aromatic heterocycles. The van der Waals surface area contributed by atoms with Crippen molar-refractivity contribution in [1.82, 2.24) is 10.2 Å². The van der Waals surface area contributed by atoms with E-state index in [2.05, 4.69) is 14.9 Å². The third-order valence-electron chi connectivity index (χ3n) is 3.66. The van der Waals surface area contributed by atoms with Gasteiger partial charge in [-0.2, -0.15) is 18.3 Å².